The zero-order valence-electron chi connectivity index (χ0n) is 9.44. The van der Waals surface area contributed by atoms with Crippen LogP contribution in [0.15, 0.2) is 36.4 Å². The van der Waals surface area contributed by atoms with Crippen molar-refractivity contribution >= 4 is 5.97 Å². The molecule has 86 valence electrons. The van der Waals surface area contributed by atoms with Crippen molar-refractivity contribution in [3.8, 4) is 0 Å². The molecular formula is C13H17NO2. The van der Waals surface area contributed by atoms with E-state index in [-0.39, 0.29) is 0 Å². The molecule has 0 fully saturated rings. The predicted octanol–water partition coefficient (Wildman–Crippen LogP) is 1.98. The van der Waals surface area contributed by atoms with E-state index in [1.165, 1.54) is 11.1 Å². The van der Waals surface area contributed by atoms with Gasteiger partial charge in [0.05, 0.1) is 0 Å². The van der Waals surface area contributed by atoms with Gasteiger partial charge in [0.2, 0.25) is 0 Å². The molecule has 1 aromatic rings. The van der Waals surface area contributed by atoms with Crippen LogP contribution in [0.25, 0.3) is 0 Å². The largest absolute Gasteiger partial charge is 0.478 e. The number of aliphatic carboxylic acids is 1. The summed E-state index contributed by atoms with van der Waals surface area (Å²) in [5, 5.41) is 11.5. The summed E-state index contributed by atoms with van der Waals surface area (Å²) < 4.78 is 0. The number of benzene rings is 1. The highest BCUT2D eigenvalue weighted by Gasteiger charge is 1.92. The fraction of sp³-hybridized carbons (Fsp3) is 0.308. The van der Waals surface area contributed by atoms with E-state index in [1.807, 2.05) is 0 Å². The number of nitrogens with one attached hydrogen (secondary N) is 1. The third kappa shape index (κ3) is 4.75. The lowest BCUT2D eigenvalue weighted by Gasteiger charge is -2.03. The third-order valence-corrected chi connectivity index (χ3v) is 2.28. The van der Waals surface area contributed by atoms with E-state index in [0.717, 1.165) is 19.0 Å². The van der Waals surface area contributed by atoms with Gasteiger partial charge in [0.15, 0.2) is 0 Å². The second kappa shape index (κ2) is 6.80. The summed E-state index contributed by atoms with van der Waals surface area (Å²) >= 11 is 0. The molecule has 0 amide bonds. The molecule has 0 bridgehead atoms. The minimum Gasteiger partial charge on any atom is -0.478 e. The number of carbonyl (C=O) groups is 1. The molecule has 0 radical (unpaired) electrons. The second-order valence-corrected chi connectivity index (χ2v) is 3.54. The molecule has 0 aliphatic carbocycles. The fourth-order valence-corrected chi connectivity index (χ4v) is 1.35. The number of hydrogen-bond acceptors (Lipinski definition) is 2. The Bertz CT molecular complexity index is 355. The van der Waals surface area contributed by atoms with Crippen molar-refractivity contribution in [3.05, 3.63) is 47.5 Å². The smallest absolute Gasteiger partial charge is 0.328 e. The van der Waals surface area contributed by atoms with E-state index in [4.69, 9.17) is 5.11 Å². The molecule has 3 nitrogen and oxygen atoms in total. The van der Waals surface area contributed by atoms with Crippen molar-refractivity contribution in [2.45, 2.75) is 19.9 Å². The van der Waals surface area contributed by atoms with Crippen molar-refractivity contribution in [2.75, 3.05) is 6.54 Å². The molecule has 0 atom stereocenters. The van der Waals surface area contributed by atoms with Crippen LogP contribution in [0.3, 0.4) is 0 Å². The van der Waals surface area contributed by atoms with E-state index >= 15 is 0 Å². The SMILES string of the molecule is CCc1ccc(CNC/C=C/C(=O)O)cc1. The minimum atomic E-state index is -0.908. The molecule has 3 heteroatoms. The van der Waals surface area contributed by atoms with Gasteiger partial charge in [0.1, 0.15) is 0 Å². The standard InChI is InChI=1S/C13H17NO2/c1-2-11-5-7-12(8-6-11)10-14-9-3-4-13(15)16/h3-8,14H,2,9-10H2,1H3,(H,15,16)/b4-3+. The van der Waals surface area contributed by atoms with E-state index in [9.17, 15) is 4.79 Å². The lowest BCUT2D eigenvalue weighted by Crippen LogP contribution is -2.13. The first kappa shape index (κ1) is 12.5. The molecule has 0 aliphatic heterocycles. The summed E-state index contributed by atoms with van der Waals surface area (Å²) in [7, 11) is 0. The van der Waals surface area contributed by atoms with Gasteiger partial charge in [-0.3, -0.25) is 0 Å². The van der Waals surface area contributed by atoms with Gasteiger partial charge >= 0.3 is 5.97 Å². The van der Waals surface area contributed by atoms with Gasteiger partial charge in [-0.25, -0.2) is 4.79 Å². The Labute approximate surface area is 95.8 Å². The first-order chi connectivity index (χ1) is 7.72. The third-order valence-electron chi connectivity index (χ3n) is 2.28. The predicted molar refractivity (Wildman–Crippen MR) is 64.3 cm³/mol. The Kier molecular flexibility index (Phi) is 5.29. The lowest BCUT2D eigenvalue weighted by atomic mass is 10.1. The molecule has 16 heavy (non-hydrogen) atoms. The molecule has 2 N–H and O–H groups in total. The van der Waals surface area contributed by atoms with Crippen molar-refractivity contribution in [3.63, 3.8) is 0 Å². The maximum atomic E-state index is 10.2. The fourth-order valence-electron chi connectivity index (χ4n) is 1.35. The molecule has 0 aliphatic rings. The van der Waals surface area contributed by atoms with Gasteiger partial charge in [-0.2, -0.15) is 0 Å². The van der Waals surface area contributed by atoms with Crippen LogP contribution in [0.5, 0.6) is 0 Å². The molecule has 0 aromatic heterocycles. The summed E-state index contributed by atoms with van der Waals surface area (Å²) in [6.07, 6.45) is 3.80. The number of hydrogen-bond donors (Lipinski definition) is 2. The number of carboxylic acids is 1. The van der Waals surface area contributed by atoms with Gasteiger partial charge in [0.25, 0.3) is 0 Å². The Morgan fingerprint density at radius 3 is 2.50 bits per heavy atom. The van der Waals surface area contributed by atoms with Crippen molar-refractivity contribution in [1.29, 1.82) is 0 Å². The van der Waals surface area contributed by atoms with Gasteiger partial charge < -0.3 is 10.4 Å². The van der Waals surface area contributed by atoms with Crippen LogP contribution in [0, 0.1) is 0 Å². The highest BCUT2D eigenvalue weighted by Crippen LogP contribution is 2.04. The number of carboxylic acid groups (broad SMARTS) is 1. The summed E-state index contributed by atoms with van der Waals surface area (Å²) in [5.74, 6) is -0.908. The summed E-state index contributed by atoms with van der Waals surface area (Å²) in [6, 6.07) is 8.41. The summed E-state index contributed by atoms with van der Waals surface area (Å²) in [5.41, 5.74) is 2.54. The molecule has 1 aromatic carbocycles. The first-order valence-corrected chi connectivity index (χ1v) is 5.40. The van der Waals surface area contributed by atoms with Crippen molar-refractivity contribution in [1.82, 2.24) is 5.32 Å². The molecule has 1 rings (SSSR count). The van der Waals surface area contributed by atoms with E-state index < -0.39 is 5.97 Å². The minimum absolute atomic E-state index is 0.571. The molecule has 0 saturated carbocycles. The van der Waals surface area contributed by atoms with E-state index in [2.05, 4.69) is 36.5 Å². The molecule has 0 heterocycles. The zero-order valence-corrected chi connectivity index (χ0v) is 9.44. The van der Waals surface area contributed by atoms with Crippen LogP contribution in [-0.2, 0) is 17.8 Å². The summed E-state index contributed by atoms with van der Waals surface area (Å²) in [6.45, 7) is 3.46. The summed E-state index contributed by atoms with van der Waals surface area (Å²) in [4.78, 5) is 10.2. The molecule has 0 saturated heterocycles. The van der Waals surface area contributed by atoms with Gasteiger partial charge in [-0.15, -0.1) is 0 Å². The highest BCUT2D eigenvalue weighted by atomic mass is 16.4. The maximum Gasteiger partial charge on any atom is 0.328 e. The highest BCUT2D eigenvalue weighted by molar-refractivity contribution is 5.79. The Hall–Kier alpha value is -1.61. The average Bonchev–Trinajstić information content (AvgIpc) is 2.29. The molecular weight excluding hydrogens is 202 g/mol. The number of aryl methyl sites for hydroxylation is 1. The van der Waals surface area contributed by atoms with Crippen LogP contribution in [0.2, 0.25) is 0 Å². The Morgan fingerprint density at radius 2 is 1.94 bits per heavy atom. The van der Waals surface area contributed by atoms with Gasteiger partial charge in [-0.1, -0.05) is 37.3 Å². The van der Waals surface area contributed by atoms with E-state index in [1.54, 1.807) is 6.08 Å². The topological polar surface area (TPSA) is 49.3 Å². The van der Waals surface area contributed by atoms with Crippen LogP contribution in [0.4, 0.5) is 0 Å². The Balaban J connectivity index is 2.29. The molecule has 0 unspecified atom stereocenters. The second-order valence-electron chi connectivity index (χ2n) is 3.54. The average molecular weight is 219 g/mol. The zero-order chi connectivity index (χ0) is 11.8. The normalized spacial score (nSPS) is 10.8. The Morgan fingerprint density at radius 1 is 1.31 bits per heavy atom. The van der Waals surface area contributed by atoms with Crippen LogP contribution in [0.1, 0.15) is 18.1 Å². The lowest BCUT2D eigenvalue weighted by molar-refractivity contribution is -0.131. The van der Waals surface area contributed by atoms with Gasteiger partial charge in [0, 0.05) is 19.2 Å². The quantitative estimate of drug-likeness (QED) is 0.568. The van der Waals surface area contributed by atoms with Crippen molar-refractivity contribution < 1.29 is 9.90 Å². The maximum absolute atomic E-state index is 10.2. The van der Waals surface area contributed by atoms with Crippen LogP contribution >= 0.6 is 0 Å². The van der Waals surface area contributed by atoms with Crippen LogP contribution < -0.4 is 5.32 Å². The van der Waals surface area contributed by atoms with Crippen molar-refractivity contribution in [2.24, 2.45) is 0 Å². The number of rotatable bonds is 6. The molecule has 0 spiro atoms. The van der Waals surface area contributed by atoms with Gasteiger partial charge in [-0.05, 0) is 17.5 Å². The van der Waals surface area contributed by atoms with E-state index in [0.29, 0.717) is 6.54 Å². The monoisotopic (exact) mass is 219 g/mol. The first-order valence-electron chi connectivity index (χ1n) is 5.40. The van der Waals surface area contributed by atoms with Crippen LogP contribution in [-0.4, -0.2) is 17.6 Å².